The molecule has 0 bridgehead atoms. The van der Waals surface area contributed by atoms with Gasteiger partial charge in [-0.3, -0.25) is 0 Å². The van der Waals surface area contributed by atoms with Gasteiger partial charge in [-0.15, -0.1) is 0 Å². The first-order chi connectivity index (χ1) is 8.52. The molecule has 3 heteroatoms. The summed E-state index contributed by atoms with van der Waals surface area (Å²) in [5.74, 6) is 1.33. The van der Waals surface area contributed by atoms with Crippen LogP contribution in [0.5, 0.6) is 5.75 Å². The third-order valence-electron chi connectivity index (χ3n) is 2.86. The Labute approximate surface area is 110 Å². The lowest BCUT2D eigenvalue weighted by atomic mass is 10.1. The van der Waals surface area contributed by atoms with Crippen LogP contribution in [0.2, 0.25) is 0 Å². The molecule has 2 N–H and O–H groups in total. The number of rotatable bonds is 7. The van der Waals surface area contributed by atoms with Gasteiger partial charge in [0.1, 0.15) is 5.75 Å². The second-order valence-corrected chi connectivity index (χ2v) is 5.22. The van der Waals surface area contributed by atoms with E-state index in [-0.39, 0.29) is 18.8 Å². The molecular weight excluding hydrogens is 226 g/mol. The highest BCUT2D eigenvalue weighted by atomic mass is 16.5. The summed E-state index contributed by atoms with van der Waals surface area (Å²) in [6.07, 6.45) is 0.202. The van der Waals surface area contributed by atoms with E-state index in [9.17, 15) is 5.11 Å². The Balaban J connectivity index is 2.48. The Bertz CT molecular complexity index is 333. The third kappa shape index (κ3) is 5.07. The maximum absolute atomic E-state index is 9.24. The molecule has 0 fully saturated rings. The lowest BCUT2D eigenvalue weighted by Gasteiger charge is -2.20. The minimum absolute atomic E-state index is 0.150. The SMILES string of the molecule is CC(C)Oc1ccc(CNC(CO)C(C)C)cc1. The van der Waals surface area contributed by atoms with Gasteiger partial charge in [0.05, 0.1) is 12.7 Å². The van der Waals surface area contributed by atoms with Gasteiger partial charge in [0.25, 0.3) is 0 Å². The predicted octanol–water partition coefficient (Wildman–Crippen LogP) is 2.58. The molecule has 1 unspecified atom stereocenters. The Hall–Kier alpha value is -1.06. The van der Waals surface area contributed by atoms with Gasteiger partial charge in [0, 0.05) is 12.6 Å². The lowest BCUT2D eigenvalue weighted by molar-refractivity contribution is 0.210. The van der Waals surface area contributed by atoms with E-state index < -0.39 is 0 Å². The molecule has 0 heterocycles. The second kappa shape index (κ2) is 7.39. The summed E-state index contributed by atoms with van der Waals surface area (Å²) in [6.45, 7) is 9.19. The van der Waals surface area contributed by atoms with Crippen molar-refractivity contribution in [2.75, 3.05) is 6.61 Å². The van der Waals surface area contributed by atoms with E-state index in [1.165, 1.54) is 5.56 Å². The Morgan fingerprint density at radius 1 is 1.11 bits per heavy atom. The molecule has 0 aliphatic rings. The van der Waals surface area contributed by atoms with Crippen LogP contribution in [-0.2, 0) is 6.54 Å². The number of nitrogens with one attached hydrogen (secondary N) is 1. The average molecular weight is 251 g/mol. The Morgan fingerprint density at radius 3 is 2.17 bits per heavy atom. The molecule has 0 radical (unpaired) electrons. The van der Waals surface area contributed by atoms with Gasteiger partial charge >= 0.3 is 0 Å². The zero-order chi connectivity index (χ0) is 13.5. The van der Waals surface area contributed by atoms with Crippen molar-refractivity contribution >= 4 is 0 Å². The van der Waals surface area contributed by atoms with Crippen LogP contribution in [0.3, 0.4) is 0 Å². The summed E-state index contributed by atoms with van der Waals surface area (Å²) >= 11 is 0. The summed E-state index contributed by atoms with van der Waals surface area (Å²) < 4.78 is 5.59. The van der Waals surface area contributed by atoms with E-state index >= 15 is 0 Å². The van der Waals surface area contributed by atoms with Crippen LogP contribution in [0.25, 0.3) is 0 Å². The number of hydrogen-bond donors (Lipinski definition) is 2. The molecule has 0 saturated carbocycles. The molecule has 1 aromatic rings. The van der Waals surface area contributed by atoms with Gasteiger partial charge in [0.2, 0.25) is 0 Å². The van der Waals surface area contributed by atoms with E-state index in [0.717, 1.165) is 12.3 Å². The topological polar surface area (TPSA) is 41.5 Å². The number of aliphatic hydroxyl groups is 1. The van der Waals surface area contributed by atoms with Crippen LogP contribution in [-0.4, -0.2) is 23.9 Å². The fraction of sp³-hybridized carbons (Fsp3) is 0.600. The number of ether oxygens (including phenoxy) is 1. The molecule has 0 saturated heterocycles. The van der Waals surface area contributed by atoms with Crippen molar-refractivity contribution in [3.63, 3.8) is 0 Å². The van der Waals surface area contributed by atoms with Crippen molar-refractivity contribution < 1.29 is 9.84 Å². The highest BCUT2D eigenvalue weighted by Crippen LogP contribution is 2.14. The van der Waals surface area contributed by atoms with Crippen molar-refractivity contribution in [2.45, 2.75) is 46.4 Å². The minimum atomic E-state index is 0.150. The monoisotopic (exact) mass is 251 g/mol. The van der Waals surface area contributed by atoms with E-state index in [4.69, 9.17) is 4.74 Å². The van der Waals surface area contributed by atoms with Crippen molar-refractivity contribution in [3.8, 4) is 5.75 Å². The molecule has 0 aromatic heterocycles. The molecule has 18 heavy (non-hydrogen) atoms. The van der Waals surface area contributed by atoms with Gasteiger partial charge in [-0.2, -0.15) is 0 Å². The molecule has 102 valence electrons. The van der Waals surface area contributed by atoms with Crippen molar-refractivity contribution in [1.29, 1.82) is 0 Å². The molecule has 0 aliphatic heterocycles. The number of aliphatic hydroxyl groups excluding tert-OH is 1. The highest BCUT2D eigenvalue weighted by molar-refractivity contribution is 5.27. The van der Waals surface area contributed by atoms with Crippen LogP contribution in [0.4, 0.5) is 0 Å². The molecule has 0 amide bonds. The largest absolute Gasteiger partial charge is 0.491 e. The summed E-state index contributed by atoms with van der Waals surface area (Å²) in [6, 6.07) is 8.23. The third-order valence-corrected chi connectivity index (χ3v) is 2.86. The fourth-order valence-electron chi connectivity index (χ4n) is 1.72. The first kappa shape index (κ1) is 15.0. The second-order valence-electron chi connectivity index (χ2n) is 5.22. The molecule has 1 rings (SSSR count). The van der Waals surface area contributed by atoms with E-state index in [0.29, 0.717) is 5.92 Å². The van der Waals surface area contributed by atoms with Crippen LogP contribution in [0.1, 0.15) is 33.3 Å². The molecule has 0 aliphatic carbocycles. The van der Waals surface area contributed by atoms with Crippen molar-refractivity contribution in [3.05, 3.63) is 29.8 Å². The van der Waals surface area contributed by atoms with Gasteiger partial charge in [-0.05, 0) is 37.5 Å². The minimum Gasteiger partial charge on any atom is -0.491 e. The molecular formula is C15H25NO2. The van der Waals surface area contributed by atoms with Crippen LogP contribution in [0, 0.1) is 5.92 Å². The van der Waals surface area contributed by atoms with Gasteiger partial charge < -0.3 is 15.2 Å². The molecule has 1 atom stereocenters. The number of hydrogen-bond acceptors (Lipinski definition) is 3. The summed E-state index contributed by atoms with van der Waals surface area (Å²) in [5.41, 5.74) is 1.20. The zero-order valence-corrected chi connectivity index (χ0v) is 11.8. The van der Waals surface area contributed by atoms with Crippen LogP contribution in [0.15, 0.2) is 24.3 Å². The average Bonchev–Trinajstić information content (AvgIpc) is 2.31. The van der Waals surface area contributed by atoms with Crippen molar-refractivity contribution in [1.82, 2.24) is 5.32 Å². The smallest absolute Gasteiger partial charge is 0.119 e. The summed E-state index contributed by atoms with van der Waals surface area (Å²) in [5, 5.41) is 12.6. The quantitative estimate of drug-likeness (QED) is 0.782. The predicted molar refractivity (Wildman–Crippen MR) is 74.8 cm³/mol. The Kier molecular flexibility index (Phi) is 6.16. The van der Waals surface area contributed by atoms with Gasteiger partial charge in [0.15, 0.2) is 0 Å². The normalized spacial score (nSPS) is 13.1. The fourth-order valence-corrected chi connectivity index (χ4v) is 1.72. The van der Waals surface area contributed by atoms with E-state index in [1.54, 1.807) is 0 Å². The molecule has 3 nitrogen and oxygen atoms in total. The van der Waals surface area contributed by atoms with E-state index in [2.05, 4.69) is 31.3 Å². The van der Waals surface area contributed by atoms with E-state index in [1.807, 2.05) is 26.0 Å². The lowest BCUT2D eigenvalue weighted by Crippen LogP contribution is -2.36. The van der Waals surface area contributed by atoms with Crippen LogP contribution < -0.4 is 10.1 Å². The first-order valence-corrected chi connectivity index (χ1v) is 6.62. The van der Waals surface area contributed by atoms with Gasteiger partial charge in [-0.25, -0.2) is 0 Å². The summed E-state index contributed by atoms with van der Waals surface area (Å²) in [4.78, 5) is 0. The maximum Gasteiger partial charge on any atom is 0.119 e. The molecule has 1 aromatic carbocycles. The standard InChI is InChI=1S/C15H25NO2/c1-11(2)15(10-17)16-9-13-5-7-14(8-6-13)18-12(3)4/h5-8,11-12,15-17H,9-10H2,1-4H3. The number of benzene rings is 1. The first-order valence-electron chi connectivity index (χ1n) is 6.62. The molecule has 0 spiro atoms. The summed E-state index contributed by atoms with van der Waals surface area (Å²) in [7, 11) is 0. The maximum atomic E-state index is 9.24. The zero-order valence-electron chi connectivity index (χ0n) is 11.8. The Morgan fingerprint density at radius 2 is 1.72 bits per heavy atom. The highest BCUT2D eigenvalue weighted by Gasteiger charge is 2.10. The van der Waals surface area contributed by atoms with Crippen LogP contribution >= 0.6 is 0 Å². The van der Waals surface area contributed by atoms with Gasteiger partial charge in [-0.1, -0.05) is 26.0 Å². The van der Waals surface area contributed by atoms with Crippen molar-refractivity contribution in [2.24, 2.45) is 5.92 Å².